The Labute approximate surface area is 185 Å². The second kappa shape index (κ2) is 8.72. The van der Waals surface area contributed by atoms with Crippen molar-refractivity contribution >= 4 is 21.7 Å². The number of anilines is 2. The number of hydrogen-bond acceptors (Lipinski definition) is 7. The molecular formula is C22H32N6O2S. The Bertz CT molecular complexity index is 1040. The molecule has 8 nitrogen and oxygen atoms in total. The van der Waals surface area contributed by atoms with Gasteiger partial charge in [0.25, 0.3) is 0 Å². The van der Waals surface area contributed by atoms with Crippen LogP contribution in [0.2, 0.25) is 0 Å². The molecule has 2 aliphatic heterocycles. The number of hydrogen-bond donors (Lipinski definition) is 0. The zero-order valence-corrected chi connectivity index (χ0v) is 19.7. The van der Waals surface area contributed by atoms with Gasteiger partial charge in [0.05, 0.1) is 4.90 Å². The third-order valence-electron chi connectivity index (χ3n) is 6.15. The van der Waals surface area contributed by atoms with E-state index in [1.807, 2.05) is 39.0 Å². The van der Waals surface area contributed by atoms with E-state index in [0.29, 0.717) is 31.1 Å². The van der Waals surface area contributed by atoms with Gasteiger partial charge in [0.2, 0.25) is 10.0 Å². The average Bonchev–Trinajstić information content (AvgIpc) is 2.73. The number of nitrogens with zero attached hydrogens (tertiary/aromatic N) is 6. The fourth-order valence-electron chi connectivity index (χ4n) is 4.28. The van der Waals surface area contributed by atoms with Gasteiger partial charge in [0, 0.05) is 58.4 Å². The van der Waals surface area contributed by atoms with Crippen molar-refractivity contribution < 1.29 is 8.42 Å². The van der Waals surface area contributed by atoms with Gasteiger partial charge in [-0.15, -0.1) is 0 Å². The fourth-order valence-corrected chi connectivity index (χ4v) is 5.91. The van der Waals surface area contributed by atoms with Crippen molar-refractivity contribution in [2.24, 2.45) is 0 Å². The first-order valence-corrected chi connectivity index (χ1v) is 12.3. The minimum absolute atomic E-state index is 0.404. The summed E-state index contributed by atoms with van der Waals surface area (Å²) in [5.74, 6) is 2.59. The second-order valence-corrected chi connectivity index (χ2v) is 10.5. The van der Waals surface area contributed by atoms with Crippen molar-refractivity contribution in [1.29, 1.82) is 0 Å². The van der Waals surface area contributed by atoms with E-state index >= 15 is 0 Å². The number of benzene rings is 1. The van der Waals surface area contributed by atoms with Gasteiger partial charge in [-0.1, -0.05) is 17.7 Å². The van der Waals surface area contributed by atoms with Crippen LogP contribution < -0.4 is 9.80 Å². The maximum atomic E-state index is 13.2. The van der Waals surface area contributed by atoms with Gasteiger partial charge in [0.15, 0.2) is 0 Å². The normalized spacial score (nSPS) is 19.1. The molecule has 0 saturated carbocycles. The Morgan fingerprint density at radius 1 is 0.774 bits per heavy atom. The molecule has 4 rings (SSSR count). The second-order valence-electron chi connectivity index (χ2n) is 8.58. The standard InChI is InChI=1S/C22H32N6O2S/c1-17-5-6-20(18(2)15-17)31(29,30)28-13-11-27(12-14-28)22-16-21(23-19(3)24-22)26-9-7-25(4)8-10-26/h5-6,15-16H,7-14H2,1-4H3. The molecule has 0 radical (unpaired) electrons. The lowest BCUT2D eigenvalue weighted by molar-refractivity contribution is 0.312. The first-order valence-electron chi connectivity index (χ1n) is 10.9. The van der Waals surface area contributed by atoms with Gasteiger partial charge >= 0.3 is 0 Å². The van der Waals surface area contributed by atoms with Gasteiger partial charge in [0.1, 0.15) is 17.5 Å². The summed E-state index contributed by atoms with van der Waals surface area (Å²) >= 11 is 0. The molecule has 9 heteroatoms. The third-order valence-corrected chi connectivity index (χ3v) is 8.21. The molecule has 1 aromatic carbocycles. The molecule has 2 saturated heterocycles. The molecule has 2 aromatic rings. The van der Waals surface area contributed by atoms with Gasteiger partial charge < -0.3 is 14.7 Å². The average molecular weight is 445 g/mol. The van der Waals surface area contributed by atoms with Gasteiger partial charge in [-0.2, -0.15) is 4.31 Å². The summed E-state index contributed by atoms with van der Waals surface area (Å²) in [4.78, 5) is 16.5. The van der Waals surface area contributed by atoms with Crippen molar-refractivity contribution in [2.75, 3.05) is 69.2 Å². The van der Waals surface area contributed by atoms with Crippen molar-refractivity contribution in [3.63, 3.8) is 0 Å². The molecule has 0 amide bonds. The molecule has 0 spiro atoms. The van der Waals surface area contributed by atoms with Crippen LogP contribution in [-0.4, -0.2) is 87.0 Å². The van der Waals surface area contributed by atoms with E-state index in [1.54, 1.807) is 10.4 Å². The summed E-state index contributed by atoms with van der Waals surface area (Å²) < 4.78 is 27.9. The van der Waals surface area contributed by atoms with Crippen molar-refractivity contribution in [1.82, 2.24) is 19.2 Å². The van der Waals surface area contributed by atoms with Gasteiger partial charge in [-0.25, -0.2) is 18.4 Å². The van der Waals surface area contributed by atoms with E-state index in [2.05, 4.69) is 31.7 Å². The van der Waals surface area contributed by atoms with Crippen LogP contribution in [-0.2, 0) is 10.0 Å². The Morgan fingerprint density at radius 2 is 1.32 bits per heavy atom. The third kappa shape index (κ3) is 4.68. The van der Waals surface area contributed by atoms with Gasteiger partial charge in [-0.3, -0.25) is 0 Å². The number of likely N-dealkylation sites (N-methyl/N-ethyl adjacent to an activating group) is 1. The molecule has 2 fully saturated rings. The molecule has 168 valence electrons. The van der Waals surface area contributed by atoms with E-state index in [0.717, 1.165) is 54.8 Å². The van der Waals surface area contributed by atoms with E-state index in [1.165, 1.54) is 0 Å². The molecule has 0 aliphatic carbocycles. The van der Waals surface area contributed by atoms with Crippen LogP contribution in [0.4, 0.5) is 11.6 Å². The monoisotopic (exact) mass is 444 g/mol. The van der Waals surface area contributed by atoms with Crippen LogP contribution in [0.25, 0.3) is 0 Å². The van der Waals surface area contributed by atoms with Crippen LogP contribution in [0.15, 0.2) is 29.2 Å². The highest BCUT2D eigenvalue weighted by atomic mass is 32.2. The highest BCUT2D eigenvalue weighted by molar-refractivity contribution is 7.89. The molecule has 0 unspecified atom stereocenters. The Hall–Kier alpha value is -2.23. The topological polar surface area (TPSA) is 72.9 Å². The minimum Gasteiger partial charge on any atom is -0.354 e. The Balaban J connectivity index is 1.47. The van der Waals surface area contributed by atoms with Crippen LogP contribution in [0.5, 0.6) is 0 Å². The van der Waals surface area contributed by atoms with E-state index in [4.69, 9.17) is 0 Å². The zero-order valence-electron chi connectivity index (χ0n) is 18.9. The van der Waals surface area contributed by atoms with E-state index < -0.39 is 10.0 Å². The zero-order chi connectivity index (χ0) is 22.2. The summed E-state index contributed by atoms with van der Waals surface area (Å²) in [6.07, 6.45) is 0. The number of rotatable bonds is 4. The molecule has 1 aromatic heterocycles. The van der Waals surface area contributed by atoms with Gasteiger partial charge in [-0.05, 0) is 39.4 Å². The summed E-state index contributed by atoms with van der Waals surface area (Å²) in [5.41, 5.74) is 1.86. The summed E-state index contributed by atoms with van der Waals surface area (Å²) in [6.45, 7) is 11.8. The SMILES string of the molecule is Cc1ccc(S(=O)(=O)N2CCN(c3cc(N4CCN(C)CC4)nc(C)n3)CC2)c(C)c1. The highest BCUT2D eigenvalue weighted by Gasteiger charge is 2.30. The molecule has 3 heterocycles. The summed E-state index contributed by atoms with van der Waals surface area (Å²) in [6, 6.07) is 7.56. The maximum absolute atomic E-state index is 13.2. The maximum Gasteiger partial charge on any atom is 0.243 e. The van der Waals surface area contributed by atoms with E-state index in [9.17, 15) is 8.42 Å². The highest BCUT2D eigenvalue weighted by Crippen LogP contribution is 2.25. The quantitative estimate of drug-likeness (QED) is 0.710. The van der Waals surface area contributed by atoms with E-state index in [-0.39, 0.29) is 0 Å². The Morgan fingerprint density at radius 3 is 1.87 bits per heavy atom. The lowest BCUT2D eigenvalue weighted by Gasteiger charge is -2.36. The minimum atomic E-state index is -3.49. The predicted molar refractivity (Wildman–Crippen MR) is 123 cm³/mol. The number of aromatic nitrogens is 2. The first-order chi connectivity index (χ1) is 14.7. The summed E-state index contributed by atoms with van der Waals surface area (Å²) in [7, 11) is -1.35. The van der Waals surface area contributed by atoms with Crippen molar-refractivity contribution in [2.45, 2.75) is 25.7 Å². The van der Waals surface area contributed by atoms with Crippen LogP contribution in [0.3, 0.4) is 0 Å². The number of piperazine rings is 2. The fraction of sp³-hybridized carbons (Fsp3) is 0.545. The molecule has 0 atom stereocenters. The van der Waals surface area contributed by atoms with Crippen LogP contribution in [0, 0.1) is 20.8 Å². The predicted octanol–water partition coefficient (Wildman–Crippen LogP) is 1.66. The smallest absolute Gasteiger partial charge is 0.243 e. The number of aryl methyl sites for hydroxylation is 3. The first kappa shape index (κ1) is 22.0. The van der Waals surface area contributed by atoms with Crippen LogP contribution in [0.1, 0.15) is 17.0 Å². The lowest BCUT2D eigenvalue weighted by Crippen LogP contribution is -2.49. The molecule has 2 aliphatic rings. The number of sulfonamides is 1. The lowest BCUT2D eigenvalue weighted by atomic mass is 10.2. The van der Waals surface area contributed by atoms with Crippen molar-refractivity contribution in [3.8, 4) is 0 Å². The largest absolute Gasteiger partial charge is 0.354 e. The van der Waals surface area contributed by atoms with Crippen LogP contribution >= 0.6 is 0 Å². The molecule has 31 heavy (non-hydrogen) atoms. The molecule has 0 bridgehead atoms. The molecule has 0 N–H and O–H groups in total. The Kier molecular flexibility index (Phi) is 6.18. The molecular weight excluding hydrogens is 412 g/mol. The summed E-state index contributed by atoms with van der Waals surface area (Å²) in [5, 5.41) is 0. The van der Waals surface area contributed by atoms with Crippen molar-refractivity contribution in [3.05, 3.63) is 41.2 Å².